The van der Waals surface area contributed by atoms with Crippen LogP contribution >= 0.6 is 24.8 Å². The summed E-state index contributed by atoms with van der Waals surface area (Å²) in [4.78, 5) is 24.5. The van der Waals surface area contributed by atoms with Gasteiger partial charge >= 0.3 is 0 Å². The quantitative estimate of drug-likeness (QED) is 0.600. The molecule has 3 aromatic rings. The zero-order chi connectivity index (χ0) is 20.8. The minimum atomic E-state index is 0. The van der Waals surface area contributed by atoms with Crippen LogP contribution in [0.3, 0.4) is 0 Å². The van der Waals surface area contributed by atoms with E-state index < -0.39 is 0 Å². The van der Waals surface area contributed by atoms with Crippen molar-refractivity contribution < 1.29 is 4.52 Å². The summed E-state index contributed by atoms with van der Waals surface area (Å²) < 4.78 is 7.64. The molecule has 6 heterocycles. The SMILES string of the molecule is Cl.Cl.O=c1c(CN2CCC[C@H]2c2nc(-c3ccccn3)no2)ccc2n1C[C@@H]1CNC[C@H]2C1. The number of likely N-dealkylation sites (tertiary alicyclic amines) is 1. The molecule has 6 rings (SSSR count). The number of rotatable bonds is 4. The maximum absolute atomic E-state index is 13.3. The second-order valence-corrected chi connectivity index (χ2v) is 8.96. The Kier molecular flexibility index (Phi) is 7.19. The lowest BCUT2D eigenvalue weighted by molar-refractivity contribution is 0.199. The number of halogens is 2. The number of hydrogen-bond acceptors (Lipinski definition) is 7. The first-order chi connectivity index (χ1) is 15.3. The molecule has 2 saturated heterocycles. The zero-order valence-corrected chi connectivity index (χ0v) is 19.9. The molecule has 2 bridgehead atoms. The normalized spacial score (nSPS) is 23.9. The summed E-state index contributed by atoms with van der Waals surface area (Å²) in [6, 6.07) is 9.89. The number of hydrogen-bond donors (Lipinski definition) is 1. The highest BCUT2D eigenvalue weighted by Gasteiger charge is 2.34. The first kappa shape index (κ1) is 23.9. The maximum Gasteiger partial charge on any atom is 0.255 e. The lowest BCUT2D eigenvalue weighted by atomic mass is 9.84. The molecule has 176 valence electrons. The molecule has 0 spiro atoms. The van der Waals surface area contributed by atoms with Gasteiger partial charge in [-0.15, -0.1) is 24.8 Å². The summed E-state index contributed by atoms with van der Waals surface area (Å²) in [6.07, 6.45) is 4.91. The third kappa shape index (κ3) is 4.45. The van der Waals surface area contributed by atoms with Gasteiger partial charge in [0.1, 0.15) is 5.69 Å². The van der Waals surface area contributed by atoms with Crippen LogP contribution in [0, 0.1) is 5.92 Å². The predicted octanol–water partition coefficient (Wildman–Crippen LogP) is 3.18. The summed E-state index contributed by atoms with van der Waals surface area (Å²) in [6.45, 7) is 4.34. The van der Waals surface area contributed by atoms with E-state index in [-0.39, 0.29) is 36.4 Å². The van der Waals surface area contributed by atoms with Crippen LogP contribution < -0.4 is 10.9 Å². The minimum absolute atomic E-state index is 0. The van der Waals surface area contributed by atoms with Crippen molar-refractivity contribution >= 4 is 24.8 Å². The molecule has 0 radical (unpaired) electrons. The van der Waals surface area contributed by atoms with Crippen LogP contribution in [0.4, 0.5) is 0 Å². The van der Waals surface area contributed by atoms with Gasteiger partial charge in [0.2, 0.25) is 11.7 Å². The molecule has 0 amide bonds. The van der Waals surface area contributed by atoms with E-state index >= 15 is 0 Å². The Morgan fingerprint density at radius 2 is 2.06 bits per heavy atom. The second-order valence-electron chi connectivity index (χ2n) is 8.96. The molecule has 3 aromatic heterocycles. The van der Waals surface area contributed by atoms with Crippen LogP contribution in [0.2, 0.25) is 0 Å². The monoisotopic (exact) mass is 490 g/mol. The third-order valence-corrected chi connectivity index (χ3v) is 6.95. The smallest absolute Gasteiger partial charge is 0.255 e. The number of nitrogens with one attached hydrogen (secondary N) is 1. The van der Waals surface area contributed by atoms with Crippen LogP contribution in [0.25, 0.3) is 11.5 Å². The topological polar surface area (TPSA) is 89.1 Å². The highest BCUT2D eigenvalue weighted by Crippen LogP contribution is 2.34. The summed E-state index contributed by atoms with van der Waals surface area (Å²) >= 11 is 0. The zero-order valence-electron chi connectivity index (χ0n) is 18.2. The largest absolute Gasteiger partial charge is 0.337 e. The van der Waals surface area contributed by atoms with Gasteiger partial charge in [-0.3, -0.25) is 14.7 Å². The predicted molar refractivity (Wildman–Crippen MR) is 129 cm³/mol. The molecule has 0 aromatic carbocycles. The average molecular weight is 491 g/mol. The van der Waals surface area contributed by atoms with E-state index in [1.54, 1.807) is 6.20 Å². The second kappa shape index (κ2) is 9.93. The maximum atomic E-state index is 13.3. The minimum Gasteiger partial charge on any atom is -0.337 e. The van der Waals surface area contributed by atoms with Crippen LogP contribution in [0.15, 0.2) is 45.8 Å². The number of pyridine rings is 2. The Morgan fingerprint density at radius 1 is 1.15 bits per heavy atom. The summed E-state index contributed by atoms with van der Waals surface area (Å²) in [5.74, 6) is 2.13. The highest BCUT2D eigenvalue weighted by molar-refractivity contribution is 5.85. The summed E-state index contributed by atoms with van der Waals surface area (Å²) in [5.41, 5.74) is 2.91. The Bertz CT molecular complexity index is 1150. The molecule has 1 N–H and O–H groups in total. The van der Waals surface area contributed by atoms with Crippen molar-refractivity contribution in [3.05, 3.63) is 64.0 Å². The van der Waals surface area contributed by atoms with E-state index in [9.17, 15) is 4.79 Å². The molecule has 0 aliphatic carbocycles. The van der Waals surface area contributed by atoms with Crippen molar-refractivity contribution in [2.24, 2.45) is 5.92 Å². The standard InChI is InChI=1S/C23H26N6O2.2ClH/c30-23-16(6-7-19-17-10-15(11-24-12-17)13-29(19)23)14-28-9-3-5-20(28)22-26-21(27-31-22)18-4-1-2-8-25-18;;/h1-2,4,6-8,15,17,20,24H,3,5,9-14H2;2*1H/t15-,17+,20-;;/m0../s1. The molecule has 0 unspecified atom stereocenters. The number of piperidine rings is 1. The fraction of sp³-hybridized carbons (Fsp3) is 0.478. The van der Waals surface area contributed by atoms with E-state index in [1.165, 1.54) is 12.1 Å². The Labute approximate surface area is 204 Å². The van der Waals surface area contributed by atoms with Crippen molar-refractivity contribution in [2.75, 3.05) is 19.6 Å². The lowest BCUT2D eigenvalue weighted by Gasteiger charge is -2.37. The van der Waals surface area contributed by atoms with Gasteiger partial charge in [0.15, 0.2) is 0 Å². The first-order valence-electron chi connectivity index (χ1n) is 11.2. The van der Waals surface area contributed by atoms with Crippen LogP contribution in [0.5, 0.6) is 0 Å². The fourth-order valence-electron chi connectivity index (χ4n) is 5.44. The van der Waals surface area contributed by atoms with Gasteiger partial charge in [-0.1, -0.05) is 17.3 Å². The molecule has 33 heavy (non-hydrogen) atoms. The Balaban J connectivity index is 0.00000130. The van der Waals surface area contributed by atoms with Gasteiger partial charge < -0.3 is 14.4 Å². The lowest BCUT2D eigenvalue weighted by Crippen LogP contribution is -2.45. The summed E-state index contributed by atoms with van der Waals surface area (Å²) in [5, 5.41) is 7.64. The molecule has 10 heteroatoms. The van der Waals surface area contributed by atoms with E-state index in [4.69, 9.17) is 4.52 Å². The van der Waals surface area contributed by atoms with Crippen molar-refractivity contribution in [1.29, 1.82) is 0 Å². The number of aromatic nitrogens is 4. The molecule has 3 aliphatic rings. The van der Waals surface area contributed by atoms with Gasteiger partial charge in [-0.05, 0) is 56.5 Å². The molecule has 3 aliphatic heterocycles. The van der Waals surface area contributed by atoms with Crippen LogP contribution in [0.1, 0.15) is 48.4 Å². The third-order valence-electron chi connectivity index (χ3n) is 6.95. The molecule has 8 nitrogen and oxygen atoms in total. The fourth-order valence-corrected chi connectivity index (χ4v) is 5.44. The first-order valence-corrected chi connectivity index (χ1v) is 11.2. The van der Waals surface area contributed by atoms with E-state index in [0.29, 0.717) is 35.8 Å². The van der Waals surface area contributed by atoms with Crippen molar-refractivity contribution in [2.45, 2.75) is 44.3 Å². The van der Waals surface area contributed by atoms with Gasteiger partial charge in [0.05, 0.1) is 6.04 Å². The van der Waals surface area contributed by atoms with Crippen molar-refractivity contribution in [1.82, 2.24) is 29.9 Å². The van der Waals surface area contributed by atoms with E-state index in [1.807, 2.05) is 28.8 Å². The van der Waals surface area contributed by atoms with Crippen molar-refractivity contribution in [3.8, 4) is 11.5 Å². The highest BCUT2D eigenvalue weighted by atomic mass is 35.5. The Morgan fingerprint density at radius 3 is 2.91 bits per heavy atom. The summed E-state index contributed by atoms with van der Waals surface area (Å²) in [7, 11) is 0. The molecule has 3 atom stereocenters. The van der Waals surface area contributed by atoms with Gasteiger partial charge in [0.25, 0.3) is 5.56 Å². The van der Waals surface area contributed by atoms with Crippen LogP contribution in [-0.4, -0.2) is 44.2 Å². The van der Waals surface area contributed by atoms with Crippen molar-refractivity contribution in [3.63, 3.8) is 0 Å². The molecule has 0 saturated carbocycles. The number of fused-ring (bicyclic) bond motifs is 4. The average Bonchev–Trinajstić information content (AvgIpc) is 3.46. The van der Waals surface area contributed by atoms with Gasteiger partial charge in [0, 0.05) is 43.0 Å². The van der Waals surface area contributed by atoms with E-state index in [2.05, 4.69) is 31.4 Å². The molecular formula is C23H28Cl2N6O2. The van der Waals surface area contributed by atoms with Crippen LogP contribution in [-0.2, 0) is 13.1 Å². The molecular weight excluding hydrogens is 463 g/mol. The van der Waals surface area contributed by atoms with Gasteiger partial charge in [-0.25, -0.2) is 0 Å². The van der Waals surface area contributed by atoms with Gasteiger partial charge in [-0.2, -0.15) is 4.98 Å². The van der Waals surface area contributed by atoms with E-state index in [0.717, 1.165) is 44.6 Å². The Hall–Kier alpha value is -2.26. The number of nitrogens with zero attached hydrogens (tertiary/aromatic N) is 5. The molecule has 2 fully saturated rings.